The molecular weight excluding hydrogens is 350 g/mol. The van der Waals surface area contributed by atoms with E-state index in [1.54, 1.807) is 6.07 Å². The molecule has 0 spiro atoms. The third-order valence-electron chi connectivity index (χ3n) is 3.20. The summed E-state index contributed by atoms with van der Waals surface area (Å²) in [5, 5.41) is 9.56. The topological polar surface area (TPSA) is 66.8 Å². The van der Waals surface area contributed by atoms with Crippen LogP contribution in [-0.4, -0.2) is 37.2 Å². The molecule has 1 aromatic rings. The molecule has 108 valence electrons. The van der Waals surface area contributed by atoms with E-state index in [4.69, 9.17) is 21.4 Å². The average Bonchev–Trinajstić information content (AvgIpc) is 2.81. The molecule has 0 saturated carbocycles. The van der Waals surface area contributed by atoms with Crippen molar-refractivity contribution >= 4 is 45.1 Å². The molecule has 1 heterocycles. The van der Waals surface area contributed by atoms with Crippen molar-refractivity contribution in [3.8, 4) is 0 Å². The molecule has 0 bridgehead atoms. The van der Waals surface area contributed by atoms with E-state index in [1.165, 1.54) is 18.1 Å². The summed E-state index contributed by atoms with van der Waals surface area (Å²) in [5.74, 6) is -0.819. The number of hydrogen-bond acceptors (Lipinski definition) is 4. The van der Waals surface area contributed by atoms with Crippen LogP contribution in [-0.2, 0) is 9.53 Å². The van der Waals surface area contributed by atoms with Gasteiger partial charge in [-0.2, -0.15) is 0 Å². The Bertz CT molecular complexity index is 564. The van der Waals surface area contributed by atoms with Gasteiger partial charge in [0, 0.05) is 30.0 Å². The minimum atomic E-state index is -0.544. The molecule has 0 aromatic heterocycles. The van der Waals surface area contributed by atoms with Gasteiger partial charge in [-0.15, -0.1) is 0 Å². The zero-order valence-corrected chi connectivity index (χ0v) is 13.1. The highest BCUT2D eigenvalue weighted by atomic mass is 79.9. The molecule has 1 saturated heterocycles. The van der Waals surface area contributed by atoms with Crippen LogP contribution in [0, 0.1) is 5.92 Å². The Balaban J connectivity index is 2.47. The molecule has 1 fully saturated rings. The Morgan fingerprint density at radius 1 is 1.60 bits per heavy atom. The van der Waals surface area contributed by atoms with Gasteiger partial charge in [0.15, 0.2) is 0 Å². The van der Waals surface area contributed by atoms with Gasteiger partial charge in [-0.3, -0.25) is 4.79 Å². The van der Waals surface area contributed by atoms with E-state index in [0.29, 0.717) is 21.7 Å². The number of ether oxygens (including phenoxy) is 1. The van der Waals surface area contributed by atoms with Gasteiger partial charge in [0.25, 0.3) is 0 Å². The van der Waals surface area contributed by atoms with Gasteiger partial charge in [-0.25, -0.2) is 4.79 Å². The number of amides is 1. The Morgan fingerprint density at radius 2 is 2.30 bits per heavy atom. The van der Waals surface area contributed by atoms with E-state index in [-0.39, 0.29) is 30.4 Å². The smallest absolute Gasteiger partial charge is 0.340 e. The van der Waals surface area contributed by atoms with Gasteiger partial charge in [-0.05, 0) is 28.1 Å². The number of hydrogen-bond donors (Lipinski definition) is 1. The molecule has 1 aliphatic rings. The lowest BCUT2D eigenvalue weighted by Gasteiger charge is -2.20. The molecule has 7 heteroatoms. The Labute approximate surface area is 129 Å². The second-order valence-corrected chi connectivity index (χ2v) is 5.79. The van der Waals surface area contributed by atoms with Crippen LogP contribution in [0.4, 0.5) is 5.69 Å². The maximum absolute atomic E-state index is 12.0. The molecule has 20 heavy (non-hydrogen) atoms. The van der Waals surface area contributed by atoms with Gasteiger partial charge < -0.3 is 14.7 Å². The highest BCUT2D eigenvalue weighted by Crippen LogP contribution is 2.35. The second kappa shape index (κ2) is 6.11. The minimum absolute atomic E-state index is 0.0694. The predicted octanol–water partition coefficient (Wildman–Crippen LogP) is 2.23. The molecule has 5 nitrogen and oxygen atoms in total. The maximum atomic E-state index is 12.0. The first-order valence-corrected chi connectivity index (χ1v) is 7.13. The van der Waals surface area contributed by atoms with Crippen molar-refractivity contribution in [2.45, 2.75) is 6.42 Å². The molecular formula is C13H13BrClNO4. The van der Waals surface area contributed by atoms with E-state index >= 15 is 0 Å². The van der Waals surface area contributed by atoms with Crippen LogP contribution in [0.1, 0.15) is 16.8 Å². The molecule has 2 rings (SSSR count). The fraction of sp³-hybridized carbons (Fsp3) is 0.385. The summed E-state index contributed by atoms with van der Waals surface area (Å²) in [6.07, 6.45) is 0.255. The van der Waals surface area contributed by atoms with E-state index < -0.39 is 5.97 Å². The summed E-state index contributed by atoms with van der Waals surface area (Å²) < 4.78 is 5.28. The summed E-state index contributed by atoms with van der Waals surface area (Å²) >= 11 is 9.29. The monoisotopic (exact) mass is 361 g/mol. The first-order valence-electron chi connectivity index (χ1n) is 5.96. The van der Waals surface area contributed by atoms with Crippen LogP contribution in [0.3, 0.4) is 0 Å². The zero-order valence-electron chi connectivity index (χ0n) is 10.7. The number of carbonyl (C=O) groups excluding carboxylic acids is 2. The molecule has 1 aliphatic heterocycles. The van der Waals surface area contributed by atoms with Crippen molar-refractivity contribution in [2.24, 2.45) is 5.92 Å². The number of anilines is 1. The van der Waals surface area contributed by atoms with Crippen molar-refractivity contribution in [1.82, 2.24) is 0 Å². The fourth-order valence-electron chi connectivity index (χ4n) is 2.17. The quantitative estimate of drug-likeness (QED) is 0.838. The highest BCUT2D eigenvalue weighted by molar-refractivity contribution is 9.10. The van der Waals surface area contributed by atoms with E-state index in [2.05, 4.69) is 15.9 Å². The number of rotatable bonds is 3. The van der Waals surface area contributed by atoms with Crippen LogP contribution in [0.2, 0.25) is 5.02 Å². The van der Waals surface area contributed by atoms with Gasteiger partial charge >= 0.3 is 5.97 Å². The summed E-state index contributed by atoms with van der Waals surface area (Å²) in [4.78, 5) is 25.3. The molecule has 0 aliphatic carbocycles. The largest absolute Gasteiger partial charge is 0.465 e. The zero-order chi connectivity index (χ0) is 14.9. The normalized spacial score (nSPS) is 18.5. The first-order chi connectivity index (χ1) is 9.47. The number of carbonyl (C=O) groups is 2. The molecule has 1 aromatic carbocycles. The summed E-state index contributed by atoms with van der Waals surface area (Å²) in [7, 11) is 1.27. The van der Waals surface area contributed by atoms with Crippen molar-refractivity contribution < 1.29 is 19.4 Å². The van der Waals surface area contributed by atoms with Crippen molar-refractivity contribution in [2.75, 3.05) is 25.2 Å². The lowest BCUT2D eigenvalue weighted by Crippen LogP contribution is -2.27. The van der Waals surface area contributed by atoms with E-state index in [1.807, 2.05) is 0 Å². The molecule has 1 unspecified atom stereocenters. The minimum Gasteiger partial charge on any atom is -0.465 e. The van der Waals surface area contributed by atoms with Crippen LogP contribution in [0.15, 0.2) is 16.6 Å². The predicted molar refractivity (Wildman–Crippen MR) is 78.0 cm³/mol. The van der Waals surface area contributed by atoms with E-state index in [0.717, 1.165) is 0 Å². The van der Waals surface area contributed by atoms with E-state index in [9.17, 15) is 9.59 Å². The lowest BCUT2D eigenvalue weighted by molar-refractivity contribution is -0.117. The van der Waals surface area contributed by atoms with Crippen molar-refractivity contribution in [3.63, 3.8) is 0 Å². The number of aliphatic hydroxyl groups is 1. The number of methoxy groups -OCH3 is 1. The van der Waals surface area contributed by atoms with Gasteiger partial charge in [0.1, 0.15) is 0 Å². The standard InChI is InChI=1S/C13H13BrClNO4/c1-20-13(19)8-3-9(14)10(15)4-11(8)16-5-7(6-17)2-12(16)18/h3-4,7,17H,2,5-6H2,1H3. The summed E-state index contributed by atoms with van der Waals surface area (Å²) in [6, 6.07) is 3.08. The molecule has 1 atom stereocenters. The van der Waals surface area contributed by atoms with Crippen LogP contribution in [0.5, 0.6) is 0 Å². The van der Waals surface area contributed by atoms with Crippen molar-refractivity contribution in [1.29, 1.82) is 0 Å². The van der Waals surface area contributed by atoms with Gasteiger partial charge in [-0.1, -0.05) is 11.6 Å². The first kappa shape index (κ1) is 15.3. The second-order valence-electron chi connectivity index (χ2n) is 4.53. The maximum Gasteiger partial charge on any atom is 0.340 e. The number of benzene rings is 1. The lowest BCUT2D eigenvalue weighted by atomic mass is 10.1. The SMILES string of the molecule is COC(=O)c1cc(Br)c(Cl)cc1N1CC(CO)CC1=O. The molecule has 0 radical (unpaired) electrons. The van der Waals surface area contributed by atoms with Crippen LogP contribution < -0.4 is 4.90 Å². The Hall–Kier alpha value is -1.11. The van der Waals surface area contributed by atoms with Gasteiger partial charge in [0.05, 0.1) is 23.4 Å². The Morgan fingerprint density at radius 3 is 2.85 bits per heavy atom. The third-order valence-corrected chi connectivity index (χ3v) is 4.40. The fourth-order valence-corrected chi connectivity index (χ4v) is 2.67. The van der Waals surface area contributed by atoms with Crippen LogP contribution in [0.25, 0.3) is 0 Å². The Kier molecular flexibility index (Phi) is 4.67. The number of esters is 1. The highest BCUT2D eigenvalue weighted by Gasteiger charge is 2.33. The average molecular weight is 363 g/mol. The number of halogens is 2. The number of nitrogens with zero attached hydrogens (tertiary/aromatic N) is 1. The summed E-state index contributed by atoms with van der Waals surface area (Å²) in [6.45, 7) is 0.289. The summed E-state index contributed by atoms with van der Waals surface area (Å²) in [5.41, 5.74) is 0.668. The molecule has 1 N–H and O–H groups in total. The molecule has 1 amide bonds. The van der Waals surface area contributed by atoms with Gasteiger partial charge in [0.2, 0.25) is 5.91 Å². The van der Waals surface area contributed by atoms with Crippen molar-refractivity contribution in [3.05, 3.63) is 27.2 Å². The van der Waals surface area contributed by atoms with Crippen LogP contribution >= 0.6 is 27.5 Å². The number of aliphatic hydroxyl groups excluding tert-OH is 1. The third kappa shape index (κ3) is 2.82.